The number of rotatable bonds is 2. The zero-order valence-corrected chi connectivity index (χ0v) is 8.58. The third-order valence-corrected chi connectivity index (χ3v) is 2.08. The number of nitrogens with two attached hydrogens (primary N) is 1. The van der Waals surface area contributed by atoms with Crippen molar-refractivity contribution in [1.29, 1.82) is 0 Å². The smallest absolute Gasteiger partial charge is 0.166 e. The van der Waals surface area contributed by atoms with Gasteiger partial charge in [0.25, 0.3) is 0 Å². The molecular formula is C12H8F3NO. The third kappa shape index (κ3) is 2.50. The number of hydrogen-bond acceptors (Lipinski definition) is 2. The number of anilines is 1. The number of hydrogen-bond donors (Lipinski definition) is 1. The van der Waals surface area contributed by atoms with E-state index in [1.54, 1.807) is 0 Å². The van der Waals surface area contributed by atoms with Crippen molar-refractivity contribution in [3.63, 3.8) is 0 Å². The highest BCUT2D eigenvalue weighted by Gasteiger charge is 2.09. The van der Waals surface area contributed by atoms with Crippen LogP contribution in [0.1, 0.15) is 0 Å². The van der Waals surface area contributed by atoms with E-state index in [0.29, 0.717) is 0 Å². The Balaban J connectivity index is 2.34. The largest absolute Gasteiger partial charge is 0.452 e. The molecule has 0 unspecified atom stereocenters. The highest BCUT2D eigenvalue weighted by Crippen LogP contribution is 2.29. The van der Waals surface area contributed by atoms with Gasteiger partial charge in [-0.2, -0.15) is 0 Å². The molecule has 2 N–H and O–H groups in total. The molecule has 0 aliphatic heterocycles. The lowest BCUT2D eigenvalue weighted by molar-refractivity contribution is 0.437. The fourth-order valence-corrected chi connectivity index (χ4v) is 1.29. The Hall–Kier alpha value is -2.17. The van der Waals surface area contributed by atoms with Crippen LogP contribution in [0.25, 0.3) is 0 Å². The number of benzene rings is 2. The van der Waals surface area contributed by atoms with Gasteiger partial charge in [-0.15, -0.1) is 0 Å². The molecule has 0 heterocycles. The van der Waals surface area contributed by atoms with Crippen molar-refractivity contribution in [2.45, 2.75) is 0 Å². The first-order valence-electron chi connectivity index (χ1n) is 4.74. The molecule has 2 nitrogen and oxygen atoms in total. The molecule has 0 aliphatic rings. The van der Waals surface area contributed by atoms with Gasteiger partial charge in [0.15, 0.2) is 17.3 Å². The van der Waals surface area contributed by atoms with Crippen LogP contribution in [0.2, 0.25) is 0 Å². The maximum absolute atomic E-state index is 13.3. The maximum Gasteiger partial charge on any atom is 0.166 e. The topological polar surface area (TPSA) is 35.2 Å². The molecule has 5 heteroatoms. The van der Waals surface area contributed by atoms with Crippen LogP contribution in [-0.4, -0.2) is 0 Å². The van der Waals surface area contributed by atoms with Crippen molar-refractivity contribution in [3.8, 4) is 11.5 Å². The van der Waals surface area contributed by atoms with E-state index in [-0.39, 0.29) is 17.2 Å². The summed E-state index contributed by atoms with van der Waals surface area (Å²) in [6, 6.07) is 6.18. The minimum absolute atomic E-state index is 0.00802. The lowest BCUT2D eigenvalue weighted by atomic mass is 10.3. The van der Waals surface area contributed by atoms with Crippen molar-refractivity contribution in [2.24, 2.45) is 0 Å². The SMILES string of the molecule is Nc1cc(F)ccc1Oc1cc(F)ccc1F. The molecule has 0 atom stereocenters. The molecule has 0 saturated heterocycles. The Morgan fingerprint density at radius 1 is 0.824 bits per heavy atom. The second kappa shape index (κ2) is 4.37. The van der Waals surface area contributed by atoms with Crippen LogP contribution in [0, 0.1) is 17.5 Å². The van der Waals surface area contributed by atoms with Crippen LogP contribution in [-0.2, 0) is 0 Å². The fraction of sp³-hybridized carbons (Fsp3) is 0. The Morgan fingerprint density at radius 3 is 2.18 bits per heavy atom. The number of ether oxygens (including phenoxy) is 1. The van der Waals surface area contributed by atoms with Gasteiger partial charge in [0.05, 0.1) is 5.69 Å². The molecule has 0 radical (unpaired) electrons. The van der Waals surface area contributed by atoms with Gasteiger partial charge in [-0.25, -0.2) is 13.2 Å². The predicted octanol–water partition coefficient (Wildman–Crippen LogP) is 3.48. The monoisotopic (exact) mass is 239 g/mol. The normalized spacial score (nSPS) is 10.3. The molecule has 2 rings (SSSR count). The summed E-state index contributed by atoms with van der Waals surface area (Å²) in [6.07, 6.45) is 0. The molecule has 0 spiro atoms. The average Bonchev–Trinajstić information content (AvgIpc) is 2.27. The molecule has 2 aromatic rings. The highest BCUT2D eigenvalue weighted by molar-refractivity contribution is 5.54. The summed E-state index contributed by atoms with van der Waals surface area (Å²) in [5.41, 5.74) is 5.48. The summed E-state index contributed by atoms with van der Waals surface area (Å²) < 4.78 is 44.0. The highest BCUT2D eigenvalue weighted by atomic mass is 19.1. The van der Waals surface area contributed by atoms with Gasteiger partial charge < -0.3 is 10.5 Å². The van der Waals surface area contributed by atoms with E-state index in [4.69, 9.17) is 10.5 Å². The van der Waals surface area contributed by atoms with E-state index < -0.39 is 17.5 Å². The van der Waals surface area contributed by atoms with Crippen molar-refractivity contribution in [3.05, 3.63) is 53.8 Å². The van der Waals surface area contributed by atoms with E-state index in [1.807, 2.05) is 0 Å². The second-order valence-corrected chi connectivity index (χ2v) is 3.36. The van der Waals surface area contributed by atoms with Gasteiger partial charge in [-0.1, -0.05) is 0 Å². The zero-order chi connectivity index (χ0) is 12.4. The first kappa shape index (κ1) is 11.3. The first-order valence-corrected chi connectivity index (χ1v) is 4.74. The summed E-state index contributed by atoms with van der Waals surface area (Å²) in [5, 5.41) is 0. The minimum atomic E-state index is -0.727. The second-order valence-electron chi connectivity index (χ2n) is 3.36. The van der Waals surface area contributed by atoms with Gasteiger partial charge in [0.2, 0.25) is 0 Å². The molecule has 0 amide bonds. The van der Waals surface area contributed by atoms with Crippen LogP contribution >= 0.6 is 0 Å². The quantitative estimate of drug-likeness (QED) is 0.814. The summed E-state index contributed by atoms with van der Waals surface area (Å²) in [7, 11) is 0. The maximum atomic E-state index is 13.3. The molecule has 2 aromatic carbocycles. The van der Waals surface area contributed by atoms with E-state index in [1.165, 1.54) is 6.07 Å². The zero-order valence-electron chi connectivity index (χ0n) is 8.58. The lowest BCUT2D eigenvalue weighted by Crippen LogP contribution is -1.95. The van der Waals surface area contributed by atoms with Gasteiger partial charge >= 0.3 is 0 Å². The molecule has 0 aromatic heterocycles. The summed E-state index contributed by atoms with van der Waals surface area (Å²) in [6.45, 7) is 0. The van der Waals surface area contributed by atoms with E-state index in [0.717, 1.165) is 30.3 Å². The first-order chi connectivity index (χ1) is 8.06. The van der Waals surface area contributed by atoms with Gasteiger partial charge in [-0.3, -0.25) is 0 Å². The van der Waals surface area contributed by atoms with Crippen molar-refractivity contribution in [2.75, 3.05) is 5.73 Å². The van der Waals surface area contributed by atoms with E-state index >= 15 is 0 Å². The van der Waals surface area contributed by atoms with Crippen LogP contribution in [0.4, 0.5) is 18.9 Å². The Bertz CT molecular complexity index is 557. The molecular weight excluding hydrogens is 231 g/mol. The van der Waals surface area contributed by atoms with Crippen LogP contribution in [0.15, 0.2) is 36.4 Å². The average molecular weight is 239 g/mol. The summed E-state index contributed by atoms with van der Waals surface area (Å²) in [4.78, 5) is 0. The molecule has 17 heavy (non-hydrogen) atoms. The molecule has 0 aliphatic carbocycles. The number of halogens is 3. The minimum Gasteiger partial charge on any atom is -0.452 e. The van der Waals surface area contributed by atoms with Crippen molar-refractivity contribution in [1.82, 2.24) is 0 Å². The standard InChI is InChI=1S/C12H8F3NO/c13-7-2-4-11(10(16)5-7)17-12-6-8(14)1-3-9(12)15/h1-6H,16H2. The lowest BCUT2D eigenvalue weighted by Gasteiger charge is -2.09. The van der Waals surface area contributed by atoms with Crippen LogP contribution in [0.3, 0.4) is 0 Å². The van der Waals surface area contributed by atoms with Gasteiger partial charge in [0, 0.05) is 12.1 Å². The Morgan fingerprint density at radius 2 is 1.47 bits per heavy atom. The van der Waals surface area contributed by atoms with E-state index in [9.17, 15) is 13.2 Å². The molecule has 0 bridgehead atoms. The van der Waals surface area contributed by atoms with Gasteiger partial charge in [-0.05, 0) is 24.3 Å². The summed E-state index contributed by atoms with van der Waals surface area (Å²) in [5.74, 6) is -2.13. The van der Waals surface area contributed by atoms with Crippen molar-refractivity contribution >= 4 is 5.69 Å². The Kier molecular flexibility index (Phi) is 2.91. The van der Waals surface area contributed by atoms with Gasteiger partial charge in [0.1, 0.15) is 11.6 Å². The molecule has 88 valence electrons. The third-order valence-electron chi connectivity index (χ3n) is 2.08. The number of nitrogen functional groups attached to an aromatic ring is 1. The predicted molar refractivity (Wildman–Crippen MR) is 57.2 cm³/mol. The van der Waals surface area contributed by atoms with Crippen LogP contribution < -0.4 is 10.5 Å². The molecule has 0 fully saturated rings. The molecule has 0 saturated carbocycles. The van der Waals surface area contributed by atoms with Crippen molar-refractivity contribution < 1.29 is 17.9 Å². The fourth-order valence-electron chi connectivity index (χ4n) is 1.29. The van der Waals surface area contributed by atoms with E-state index in [2.05, 4.69) is 0 Å². The van der Waals surface area contributed by atoms with Crippen LogP contribution in [0.5, 0.6) is 11.5 Å². The summed E-state index contributed by atoms with van der Waals surface area (Å²) >= 11 is 0. The Labute approximate surface area is 95.4 Å².